The van der Waals surface area contributed by atoms with Gasteiger partial charge < -0.3 is 5.32 Å². The van der Waals surface area contributed by atoms with Gasteiger partial charge in [-0.1, -0.05) is 6.07 Å². The van der Waals surface area contributed by atoms with Crippen molar-refractivity contribution in [1.29, 1.82) is 5.26 Å². The molecule has 2 aromatic rings. The molecule has 0 aliphatic rings. The van der Waals surface area contributed by atoms with Crippen LogP contribution in [0.25, 0.3) is 0 Å². The third-order valence-corrected chi connectivity index (χ3v) is 2.11. The van der Waals surface area contributed by atoms with Crippen LogP contribution in [0, 0.1) is 23.0 Å². The fourth-order valence-corrected chi connectivity index (χ4v) is 1.28. The highest BCUT2D eigenvalue weighted by molar-refractivity contribution is 5.57. The van der Waals surface area contributed by atoms with Gasteiger partial charge in [0.2, 0.25) is 0 Å². The van der Waals surface area contributed by atoms with Crippen LogP contribution < -0.4 is 5.32 Å². The van der Waals surface area contributed by atoms with Gasteiger partial charge >= 0.3 is 0 Å². The van der Waals surface area contributed by atoms with Gasteiger partial charge in [-0.25, -0.2) is 13.8 Å². The lowest BCUT2D eigenvalue weighted by Gasteiger charge is -2.07. The lowest BCUT2D eigenvalue weighted by atomic mass is 10.2. The largest absolute Gasteiger partial charge is 0.335 e. The van der Waals surface area contributed by atoms with E-state index in [0.717, 1.165) is 12.1 Å². The molecule has 1 heterocycles. The van der Waals surface area contributed by atoms with E-state index in [1.165, 1.54) is 24.4 Å². The maximum absolute atomic E-state index is 13.3. The van der Waals surface area contributed by atoms with Gasteiger partial charge in [-0.15, -0.1) is 0 Å². The van der Waals surface area contributed by atoms with Gasteiger partial charge in [-0.2, -0.15) is 5.26 Å². The van der Waals surface area contributed by atoms with Crippen LogP contribution in [-0.4, -0.2) is 4.98 Å². The highest BCUT2D eigenvalue weighted by atomic mass is 19.1. The summed E-state index contributed by atoms with van der Waals surface area (Å²) in [5.41, 5.74) is 0.120. The number of nitrogens with one attached hydrogen (secondary N) is 1. The zero-order valence-electron chi connectivity index (χ0n) is 8.61. The first kappa shape index (κ1) is 11.0. The molecule has 0 saturated carbocycles. The second-order valence-electron chi connectivity index (χ2n) is 3.27. The fourth-order valence-electron chi connectivity index (χ4n) is 1.28. The summed E-state index contributed by atoms with van der Waals surface area (Å²) in [5.74, 6) is -1.12. The van der Waals surface area contributed by atoms with Crippen LogP contribution in [0.3, 0.4) is 0 Å². The minimum absolute atomic E-state index is 0.260. The Morgan fingerprint density at radius 1 is 1.12 bits per heavy atom. The molecule has 0 saturated heterocycles. The molecular formula is C12H7F2N3. The number of hydrogen-bond donors (Lipinski definition) is 1. The Morgan fingerprint density at radius 2 is 1.82 bits per heavy atom. The van der Waals surface area contributed by atoms with Crippen molar-refractivity contribution in [3.05, 3.63) is 53.7 Å². The van der Waals surface area contributed by atoms with Gasteiger partial charge in [-0.05, 0) is 24.3 Å². The SMILES string of the molecule is N#Cc1ccc(Nc2c(F)cccc2F)nc1. The Kier molecular flexibility index (Phi) is 2.97. The third kappa shape index (κ3) is 2.37. The monoisotopic (exact) mass is 231 g/mol. The topological polar surface area (TPSA) is 48.7 Å². The number of anilines is 2. The van der Waals surface area contributed by atoms with Crippen LogP contribution >= 0.6 is 0 Å². The third-order valence-electron chi connectivity index (χ3n) is 2.11. The summed E-state index contributed by atoms with van der Waals surface area (Å²) in [5, 5.41) is 11.1. The molecule has 5 heteroatoms. The standard InChI is InChI=1S/C12H7F2N3/c13-9-2-1-3-10(14)12(9)17-11-5-4-8(6-15)7-16-11/h1-5,7H,(H,16,17). The maximum Gasteiger partial charge on any atom is 0.149 e. The van der Waals surface area contributed by atoms with E-state index in [1.807, 2.05) is 6.07 Å². The van der Waals surface area contributed by atoms with Crippen molar-refractivity contribution in [3.63, 3.8) is 0 Å². The second-order valence-corrected chi connectivity index (χ2v) is 3.27. The lowest BCUT2D eigenvalue weighted by molar-refractivity contribution is 0.590. The van der Waals surface area contributed by atoms with Gasteiger partial charge in [0.1, 0.15) is 29.2 Å². The van der Waals surface area contributed by atoms with Crippen LogP contribution in [-0.2, 0) is 0 Å². The van der Waals surface area contributed by atoms with Crippen LogP contribution in [0.4, 0.5) is 20.3 Å². The van der Waals surface area contributed by atoms with Gasteiger partial charge in [0.25, 0.3) is 0 Å². The van der Waals surface area contributed by atoms with Crippen LogP contribution in [0.1, 0.15) is 5.56 Å². The van der Waals surface area contributed by atoms with E-state index in [0.29, 0.717) is 5.56 Å². The van der Waals surface area contributed by atoms with Gasteiger partial charge in [0, 0.05) is 6.20 Å². The summed E-state index contributed by atoms with van der Waals surface area (Å²) in [6.45, 7) is 0. The van der Waals surface area contributed by atoms with E-state index in [2.05, 4.69) is 10.3 Å². The van der Waals surface area contributed by atoms with E-state index in [9.17, 15) is 8.78 Å². The van der Waals surface area contributed by atoms with E-state index < -0.39 is 11.6 Å². The van der Waals surface area contributed by atoms with Gasteiger partial charge in [-0.3, -0.25) is 0 Å². The summed E-state index contributed by atoms with van der Waals surface area (Å²) in [7, 11) is 0. The number of pyridine rings is 1. The molecule has 0 radical (unpaired) electrons. The number of para-hydroxylation sites is 1. The summed E-state index contributed by atoms with van der Waals surface area (Å²) < 4.78 is 26.6. The van der Waals surface area contributed by atoms with Crippen molar-refractivity contribution in [1.82, 2.24) is 4.98 Å². The summed E-state index contributed by atoms with van der Waals surface area (Å²) in [6, 6.07) is 8.46. The number of benzene rings is 1. The summed E-state index contributed by atoms with van der Waals surface area (Å²) in [6.07, 6.45) is 1.32. The number of nitriles is 1. The Bertz CT molecular complexity index is 553. The van der Waals surface area contributed by atoms with E-state index in [-0.39, 0.29) is 11.5 Å². The molecule has 0 fully saturated rings. The Morgan fingerprint density at radius 3 is 2.35 bits per heavy atom. The minimum atomic E-state index is -0.698. The smallest absolute Gasteiger partial charge is 0.149 e. The fraction of sp³-hybridized carbons (Fsp3) is 0. The lowest BCUT2D eigenvalue weighted by Crippen LogP contribution is -1.99. The first-order valence-corrected chi connectivity index (χ1v) is 4.78. The quantitative estimate of drug-likeness (QED) is 0.864. The highest BCUT2D eigenvalue weighted by Gasteiger charge is 2.08. The Hall–Kier alpha value is -2.48. The van der Waals surface area contributed by atoms with E-state index in [4.69, 9.17) is 5.26 Å². The minimum Gasteiger partial charge on any atom is -0.335 e. The number of rotatable bonds is 2. The summed E-state index contributed by atoms with van der Waals surface area (Å²) >= 11 is 0. The molecule has 0 unspecified atom stereocenters. The molecule has 0 aliphatic carbocycles. The van der Waals surface area contributed by atoms with E-state index in [1.54, 1.807) is 0 Å². The first-order chi connectivity index (χ1) is 8.20. The molecule has 84 valence electrons. The molecular weight excluding hydrogens is 224 g/mol. The molecule has 0 amide bonds. The van der Waals surface area contributed by atoms with Crippen LogP contribution in [0.2, 0.25) is 0 Å². The van der Waals surface area contributed by atoms with Crippen LogP contribution in [0.5, 0.6) is 0 Å². The zero-order valence-corrected chi connectivity index (χ0v) is 8.61. The van der Waals surface area contributed by atoms with Crippen molar-refractivity contribution in [2.75, 3.05) is 5.32 Å². The summed E-state index contributed by atoms with van der Waals surface area (Å²) in [4.78, 5) is 3.86. The molecule has 0 spiro atoms. The predicted octanol–water partition coefficient (Wildman–Crippen LogP) is 2.98. The van der Waals surface area contributed by atoms with Crippen molar-refractivity contribution in [2.24, 2.45) is 0 Å². The highest BCUT2D eigenvalue weighted by Crippen LogP contribution is 2.21. The maximum atomic E-state index is 13.3. The Labute approximate surface area is 96.3 Å². The molecule has 1 N–H and O–H groups in total. The zero-order chi connectivity index (χ0) is 12.3. The van der Waals surface area contributed by atoms with Crippen molar-refractivity contribution >= 4 is 11.5 Å². The molecule has 17 heavy (non-hydrogen) atoms. The molecule has 2 rings (SSSR count). The predicted molar refractivity (Wildman–Crippen MR) is 58.6 cm³/mol. The van der Waals surface area contributed by atoms with E-state index >= 15 is 0 Å². The normalized spacial score (nSPS) is 9.71. The average Bonchev–Trinajstić information content (AvgIpc) is 2.35. The number of aromatic nitrogens is 1. The van der Waals surface area contributed by atoms with Gasteiger partial charge in [0.05, 0.1) is 5.56 Å². The molecule has 1 aromatic carbocycles. The van der Waals surface area contributed by atoms with Crippen molar-refractivity contribution < 1.29 is 8.78 Å². The molecule has 0 bridgehead atoms. The van der Waals surface area contributed by atoms with Crippen molar-refractivity contribution in [3.8, 4) is 6.07 Å². The number of halogens is 2. The first-order valence-electron chi connectivity index (χ1n) is 4.78. The van der Waals surface area contributed by atoms with Gasteiger partial charge in [0.15, 0.2) is 0 Å². The Balaban J connectivity index is 2.29. The van der Waals surface area contributed by atoms with Crippen LogP contribution in [0.15, 0.2) is 36.5 Å². The number of hydrogen-bond acceptors (Lipinski definition) is 3. The molecule has 3 nitrogen and oxygen atoms in total. The second kappa shape index (κ2) is 4.58. The molecule has 0 atom stereocenters. The molecule has 0 aliphatic heterocycles. The van der Waals surface area contributed by atoms with Crippen molar-refractivity contribution in [2.45, 2.75) is 0 Å². The average molecular weight is 231 g/mol. The number of nitrogens with zero attached hydrogens (tertiary/aromatic N) is 2. The molecule has 1 aromatic heterocycles.